The monoisotopic (exact) mass is 493 g/mol. The van der Waals surface area contributed by atoms with E-state index < -0.39 is 0 Å². The van der Waals surface area contributed by atoms with E-state index in [2.05, 4.69) is 25.8 Å². The number of ether oxygens (including phenoxy) is 1. The lowest BCUT2D eigenvalue weighted by molar-refractivity contribution is -0.122. The summed E-state index contributed by atoms with van der Waals surface area (Å²) in [5, 5.41) is 2.66. The summed E-state index contributed by atoms with van der Waals surface area (Å²) < 4.78 is 9.06. The number of halogens is 1. The van der Waals surface area contributed by atoms with E-state index >= 15 is 0 Å². The van der Waals surface area contributed by atoms with Gasteiger partial charge in [-0.2, -0.15) is 0 Å². The summed E-state index contributed by atoms with van der Waals surface area (Å²) >= 11 is 3.44. The Morgan fingerprint density at radius 2 is 1.72 bits per heavy atom. The van der Waals surface area contributed by atoms with Gasteiger partial charge in [0.1, 0.15) is 18.1 Å². The van der Waals surface area contributed by atoms with Crippen LogP contribution < -0.4 is 10.1 Å². The first-order valence-electron chi connectivity index (χ1n) is 10.4. The molecule has 2 aromatic carbocycles. The zero-order valence-electron chi connectivity index (χ0n) is 18.2. The van der Waals surface area contributed by atoms with Gasteiger partial charge in [-0.1, -0.05) is 28.1 Å². The van der Waals surface area contributed by atoms with Crippen LogP contribution >= 0.6 is 15.9 Å². The van der Waals surface area contributed by atoms with Crippen molar-refractivity contribution in [2.24, 2.45) is 0 Å². The largest absolute Gasteiger partial charge is 0.489 e. The van der Waals surface area contributed by atoms with E-state index in [1.807, 2.05) is 68.4 Å². The van der Waals surface area contributed by atoms with Gasteiger partial charge in [-0.15, -0.1) is 0 Å². The van der Waals surface area contributed by atoms with Crippen LogP contribution in [0.25, 0.3) is 11.8 Å². The number of carbonyl (C=O) groups excluding carboxylic acids is 2. The first-order valence-corrected chi connectivity index (χ1v) is 11.2. The molecule has 4 rings (SSSR count). The summed E-state index contributed by atoms with van der Waals surface area (Å²) in [4.78, 5) is 25.5. The van der Waals surface area contributed by atoms with E-state index in [0.717, 1.165) is 38.4 Å². The lowest BCUT2D eigenvalue weighted by Gasteiger charge is -2.12. The number of nitrogens with zero attached hydrogens (tertiary/aromatic N) is 2. The summed E-state index contributed by atoms with van der Waals surface area (Å²) in [6, 6.07) is 17.6. The van der Waals surface area contributed by atoms with Gasteiger partial charge in [0.2, 0.25) is 0 Å². The molecule has 0 unspecified atom stereocenters. The standard InChI is InChI=1S/C25H24BrN3O3/c1-4-28-24(30)23(27-25(28)31)14-19-13-16(2)29(17(19)3)21-9-11-22(12-10-21)32-15-18-5-7-20(26)8-6-18/h5-14H,4,15H2,1-3H3,(H,27,31)/b23-14+. The van der Waals surface area contributed by atoms with Crippen molar-refractivity contribution in [2.75, 3.05) is 6.54 Å². The third-order valence-corrected chi connectivity index (χ3v) is 5.99. The molecule has 3 amide bonds. The number of aryl methyl sites for hydroxylation is 1. The van der Waals surface area contributed by atoms with Crippen molar-refractivity contribution in [3.63, 3.8) is 0 Å². The average Bonchev–Trinajstić information content (AvgIpc) is 3.21. The van der Waals surface area contributed by atoms with Gasteiger partial charge in [0.05, 0.1) is 0 Å². The Morgan fingerprint density at radius 1 is 1.03 bits per heavy atom. The van der Waals surface area contributed by atoms with Crippen LogP contribution in [-0.4, -0.2) is 28.0 Å². The SMILES string of the molecule is CCN1C(=O)N/C(=C/c2cc(C)n(-c3ccc(OCc4ccc(Br)cc4)cc3)c2C)C1=O. The van der Waals surface area contributed by atoms with Gasteiger partial charge in [0.25, 0.3) is 5.91 Å². The van der Waals surface area contributed by atoms with Crippen LogP contribution in [0.1, 0.15) is 29.4 Å². The zero-order chi connectivity index (χ0) is 22.8. The second kappa shape index (κ2) is 9.04. The van der Waals surface area contributed by atoms with Crippen LogP contribution in [0.4, 0.5) is 4.79 Å². The highest BCUT2D eigenvalue weighted by atomic mass is 79.9. The van der Waals surface area contributed by atoms with E-state index in [9.17, 15) is 9.59 Å². The van der Waals surface area contributed by atoms with Crippen LogP contribution in [0.2, 0.25) is 0 Å². The Kier molecular flexibility index (Phi) is 6.19. The molecule has 1 aliphatic heterocycles. The minimum atomic E-state index is -0.378. The molecule has 1 aromatic heterocycles. The lowest BCUT2D eigenvalue weighted by Crippen LogP contribution is -2.30. The molecule has 0 radical (unpaired) electrons. The van der Waals surface area contributed by atoms with E-state index in [0.29, 0.717) is 18.8 Å². The lowest BCUT2D eigenvalue weighted by atomic mass is 10.2. The molecule has 164 valence electrons. The molecule has 2 heterocycles. The van der Waals surface area contributed by atoms with Gasteiger partial charge in [-0.05, 0) is 80.4 Å². The number of amides is 3. The number of hydrogen-bond acceptors (Lipinski definition) is 3. The van der Waals surface area contributed by atoms with Crippen LogP contribution in [0.3, 0.4) is 0 Å². The number of benzene rings is 2. The van der Waals surface area contributed by atoms with Crippen LogP contribution in [0.15, 0.2) is 64.8 Å². The van der Waals surface area contributed by atoms with Gasteiger partial charge < -0.3 is 14.6 Å². The molecule has 1 N–H and O–H groups in total. The second-order valence-corrected chi connectivity index (χ2v) is 8.52. The fourth-order valence-electron chi connectivity index (χ4n) is 3.78. The molecule has 0 bridgehead atoms. The van der Waals surface area contributed by atoms with Gasteiger partial charge in [0, 0.05) is 28.1 Å². The summed E-state index contributed by atoms with van der Waals surface area (Å²) in [6.07, 6.45) is 1.74. The predicted octanol–water partition coefficient (Wildman–Crippen LogP) is 5.35. The summed E-state index contributed by atoms with van der Waals surface area (Å²) in [5.74, 6) is 0.495. The highest BCUT2D eigenvalue weighted by Gasteiger charge is 2.32. The summed E-state index contributed by atoms with van der Waals surface area (Å²) in [5.41, 5.74) is 5.30. The van der Waals surface area contributed by atoms with Crippen molar-refractivity contribution in [2.45, 2.75) is 27.4 Å². The highest BCUT2D eigenvalue weighted by molar-refractivity contribution is 9.10. The van der Waals surface area contributed by atoms with Crippen molar-refractivity contribution >= 4 is 33.9 Å². The molecule has 3 aromatic rings. The van der Waals surface area contributed by atoms with E-state index in [1.54, 1.807) is 13.0 Å². The zero-order valence-corrected chi connectivity index (χ0v) is 19.8. The Bertz CT molecular complexity index is 1190. The van der Waals surface area contributed by atoms with Crippen LogP contribution in [0.5, 0.6) is 5.75 Å². The number of likely N-dealkylation sites (N-methyl/N-ethyl adjacent to an activating group) is 1. The minimum Gasteiger partial charge on any atom is -0.489 e. The number of nitrogens with one attached hydrogen (secondary N) is 1. The maximum Gasteiger partial charge on any atom is 0.328 e. The molecule has 0 saturated carbocycles. The molecular weight excluding hydrogens is 470 g/mol. The predicted molar refractivity (Wildman–Crippen MR) is 128 cm³/mol. The molecule has 1 aliphatic rings. The molecule has 32 heavy (non-hydrogen) atoms. The normalized spacial score (nSPS) is 14.9. The first-order chi connectivity index (χ1) is 15.4. The van der Waals surface area contributed by atoms with Crippen molar-refractivity contribution in [3.8, 4) is 11.4 Å². The quantitative estimate of drug-likeness (QED) is 0.371. The van der Waals surface area contributed by atoms with Crippen molar-refractivity contribution in [1.82, 2.24) is 14.8 Å². The number of hydrogen-bond donors (Lipinski definition) is 1. The number of imide groups is 1. The molecule has 6 nitrogen and oxygen atoms in total. The maximum absolute atomic E-state index is 12.4. The van der Waals surface area contributed by atoms with E-state index in [1.165, 1.54) is 4.90 Å². The Labute approximate surface area is 195 Å². The first kappa shape index (κ1) is 21.9. The Balaban J connectivity index is 1.52. The molecule has 7 heteroatoms. The van der Waals surface area contributed by atoms with Crippen molar-refractivity contribution < 1.29 is 14.3 Å². The summed E-state index contributed by atoms with van der Waals surface area (Å²) in [7, 11) is 0. The maximum atomic E-state index is 12.4. The summed E-state index contributed by atoms with van der Waals surface area (Å²) in [6.45, 7) is 6.63. The fraction of sp³-hybridized carbons (Fsp3) is 0.200. The van der Waals surface area contributed by atoms with E-state index in [4.69, 9.17) is 4.74 Å². The molecule has 0 spiro atoms. The van der Waals surface area contributed by atoms with E-state index in [-0.39, 0.29) is 11.9 Å². The smallest absolute Gasteiger partial charge is 0.328 e. The van der Waals surface area contributed by atoms with Gasteiger partial charge in [-0.3, -0.25) is 9.69 Å². The topological polar surface area (TPSA) is 63.6 Å². The number of urea groups is 1. The van der Waals surface area contributed by atoms with Gasteiger partial charge in [0.15, 0.2) is 0 Å². The van der Waals surface area contributed by atoms with Gasteiger partial charge >= 0.3 is 6.03 Å². The Morgan fingerprint density at radius 3 is 2.34 bits per heavy atom. The number of rotatable bonds is 6. The second-order valence-electron chi connectivity index (χ2n) is 7.61. The van der Waals surface area contributed by atoms with Crippen LogP contribution in [-0.2, 0) is 11.4 Å². The fourth-order valence-corrected chi connectivity index (χ4v) is 4.05. The molecule has 0 atom stereocenters. The third kappa shape index (κ3) is 4.34. The minimum absolute atomic E-state index is 0.297. The van der Waals surface area contributed by atoms with Crippen molar-refractivity contribution in [3.05, 3.63) is 87.3 Å². The molecule has 1 fully saturated rings. The number of aromatic nitrogens is 1. The molecule has 1 saturated heterocycles. The molecule has 0 aliphatic carbocycles. The van der Waals surface area contributed by atoms with Crippen LogP contribution in [0, 0.1) is 13.8 Å². The average molecular weight is 494 g/mol. The highest BCUT2D eigenvalue weighted by Crippen LogP contribution is 2.25. The Hall–Kier alpha value is -3.32. The van der Waals surface area contributed by atoms with Crippen molar-refractivity contribution in [1.29, 1.82) is 0 Å². The van der Waals surface area contributed by atoms with Gasteiger partial charge in [-0.25, -0.2) is 4.79 Å². The number of carbonyl (C=O) groups is 2. The molecular formula is C25H24BrN3O3. The third-order valence-electron chi connectivity index (χ3n) is 5.46.